The lowest BCUT2D eigenvalue weighted by molar-refractivity contribution is 0.0749. The molecule has 3 rings (SSSR count). The number of aromatic amines is 1. The standard InChI is InChI=1S/C15H17ClN2O3S/c1-9-13(11-4-3-5-12(16)14(11)17-9)15(19)18(2)10-6-7-22(20,21)8-10/h3-5,10,17H,6-8H2,1-2H3. The van der Waals surface area contributed by atoms with Gasteiger partial charge in [-0.1, -0.05) is 23.7 Å². The molecule has 118 valence electrons. The molecule has 5 nitrogen and oxygen atoms in total. The van der Waals surface area contributed by atoms with Crippen LogP contribution in [0.25, 0.3) is 10.9 Å². The van der Waals surface area contributed by atoms with Crippen molar-refractivity contribution in [1.82, 2.24) is 9.88 Å². The Labute approximate surface area is 134 Å². The fourth-order valence-corrected chi connectivity index (χ4v) is 5.01. The lowest BCUT2D eigenvalue weighted by Gasteiger charge is -2.23. The summed E-state index contributed by atoms with van der Waals surface area (Å²) < 4.78 is 23.2. The number of amides is 1. The Balaban J connectivity index is 1.99. The van der Waals surface area contributed by atoms with Crippen LogP contribution in [0.1, 0.15) is 22.5 Å². The van der Waals surface area contributed by atoms with Gasteiger partial charge in [0.25, 0.3) is 5.91 Å². The highest BCUT2D eigenvalue weighted by molar-refractivity contribution is 7.91. The number of fused-ring (bicyclic) bond motifs is 1. The van der Waals surface area contributed by atoms with Gasteiger partial charge in [0.2, 0.25) is 0 Å². The number of aryl methyl sites for hydroxylation is 1. The largest absolute Gasteiger partial charge is 0.357 e. The number of halogens is 1. The van der Waals surface area contributed by atoms with Crippen LogP contribution in [-0.4, -0.2) is 48.8 Å². The average Bonchev–Trinajstić information content (AvgIpc) is 2.98. The first-order valence-electron chi connectivity index (χ1n) is 7.04. The second-order valence-corrected chi connectivity index (χ2v) is 8.40. The molecule has 1 fully saturated rings. The van der Waals surface area contributed by atoms with Crippen molar-refractivity contribution >= 4 is 38.2 Å². The van der Waals surface area contributed by atoms with E-state index in [0.717, 1.165) is 16.6 Å². The van der Waals surface area contributed by atoms with E-state index in [9.17, 15) is 13.2 Å². The lowest BCUT2D eigenvalue weighted by Crippen LogP contribution is -2.38. The van der Waals surface area contributed by atoms with Crippen molar-refractivity contribution in [3.8, 4) is 0 Å². The first-order valence-corrected chi connectivity index (χ1v) is 9.24. The molecule has 1 aliphatic heterocycles. The summed E-state index contributed by atoms with van der Waals surface area (Å²) in [4.78, 5) is 17.5. The molecule has 0 aliphatic carbocycles. The number of hydrogen-bond acceptors (Lipinski definition) is 3. The summed E-state index contributed by atoms with van der Waals surface area (Å²) in [6.07, 6.45) is 0.493. The number of aromatic nitrogens is 1. The number of H-pyrrole nitrogens is 1. The van der Waals surface area contributed by atoms with Gasteiger partial charge in [-0.15, -0.1) is 0 Å². The molecular formula is C15H17ClN2O3S. The zero-order chi connectivity index (χ0) is 16.1. The van der Waals surface area contributed by atoms with Gasteiger partial charge in [0.05, 0.1) is 27.6 Å². The van der Waals surface area contributed by atoms with Gasteiger partial charge in [0.15, 0.2) is 9.84 Å². The van der Waals surface area contributed by atoms with E-state index in [2.05, 4.69) is 4.98 Å². The van der Waals surface area contributed by atoms with E-state index in [1.165, 1.54) is 0 Å². The molecule has 1 N–H and O–H groups in total. The van der Waals surface area contributed by atoms with Gasteiger partial charge in [-0.3, -0.25) is 4.79 Å². The first kappa shape index (κ1) is 15.4. The van der Waals surface area contributed by atoms with Crippen molar-refractivity contribution in [2.24, 2.45) is 0 Å². The van der Waals surface area contributed by atoms with Gasteiger partial charge < -0.3 is 9.88 Å². The summed E-state index contributed by atoms with van der Waals surface area (Å²) in [6, 6.07) is 5.15. The number of nitrogens with one attached hydrogen (secondary N) is 1. The van der Waals surface area contributed by atoms with Crippen molar-refractivity contribution in [3.05, 3.63) is 34.5 Å². The number of benzene rings is 1. The van der Waals surface area contributed by atoms with E-state index in [1.54, 1.807) is 24.1 Å². The number of carbonyl (C=O) groups is 1. The third kappa shape index (κ3) is 2.50. The Morgan fingerprint density at radius 3 is 2.77 bits per heavy atom. The third-order valence-electron chi connectivity index (χ3n) is 4.26. The number of rotatable bonds is 2. The molecule has 0 radical (unpaired) electrons. The molecule has 1 unspecified atom stereocenters. The second-order valence-electron chi connectivity index (χ2n) is 5.76. The van der Waals surface area contributed by atoms with Gasteiger partial charge in [0.1, 0.15) is 0 Å². The summed E-state index contributed by atoms with van der Waals surface area (Å²) >= 11 is 6.16. The number of nitrogens with zero attached hydrogens (tertiary/aromatic N) is 1. The smallest absolute Gasteiger partial charge is 0.256 e. The monoisotopic (exact) mass is 340 g/mol. The Kier molecular flexibility index (Phi) is 3.69. The normalized spacial score (nSPS) is 20.4. The number of sulfone groups is 1. The highest BCUT2D eigenvalue weighted by Crippen LogP contribution is 2.29. The molecular weight excluding hydrogens is 324 g/mol. The zero-order valence-electron chi connectivity index (χ0n) is 12.4. The predicted octanol–water partition coefficient (Wildman–Crippen LogP) is 2.39. The van der Waals surface area contributed by atoms with Crippen molar-refractivity contribution in [3.63, 3.8) is 0 Å². The van der Waals surface area contributed by atoms with Crippen LogP contribution in [0.5, 0.6) is 0 Å². The second kappa shape index (κ2) is 5.28. The fourth-order valence-electron chi connectivity index (χ4n) is 3.01. The minimum atomic E-state index is -3.02. The predicted molar refractivity (Wildman–Crippen MR) is 87.2 cm³/mol. The van der Waals surface area contributed by atoms with Crippen LogP contribution in [0.2, 0.25) is 5.02 Å². The molecule has 0 saturated carbocycles. The summed E-state index contributed by atoms with van der Waals surface area (Å²) in [5.41, 5.74) is 2.03. The molecule has 1 amide bonds. The summed E-state index contributed by atoms with van der Waals surface area (Å²) in [7, 11) is -1.36. The summed E-state index contributed by atoms with van der Waals surface area (Å²) in [5, 5.41) is 1.33. The fraction of sp³-hybridized carbons (Fsp3) is 0.400. The van der Waals surface area contributed by atoms with Gasteiger partial charge in [-0.2, -0.15) is 0 Å². The molecule has 1 aromatic heterocycles. The van der Waals surface area contributed by atoms with Crippen LogP contribution in [0.3, 0.4) is 0 Å². The van der Waals surface area contributed by atoms with Crippen molar-refractivity contribution in [2.45, 2.75) is 19.4 Å². The SMILES string of the molecule is Cc1[nH]c2c(Cl)cccc2c1C(=O)N(C)C1CCS(=O)(=O)C1. The molecule has 1 aromatic carbocycles. The first-order chi connectivity index (χ1) is 10.3. The Hall–Kier alpha value is -1.53. The quantitative estimate of drug-likeness (QED) is 0.912. The van der Waals surface area contributed by atoms with Crippen molar-refractivity contribution in [2.75, 3.05) is 18.6 Å². The van der Waals surface area contributed by atoms with E-state index in [-0.39, 0.29) is 23.5 Å². The van der Waals surface area contributed by atoms with Crippen molar-refractivity contribution < 1.29 is 13.2 Å². The van der Waals surface area contributed by atoms with Crippen LogP contribution in [0.4, 0.5) is 0 Å². The zero-order valence-corrected chi connectivity index (χ0v) is 14.0. The van der Waals surface area contributed by atoms with E-state index < -0.39 is 9.84 Å². The maximum Gasteiger partial charge on any atom is 0.256 e. The van der Waals surface area contributed by atoms with Gasteiger partial charge in [0, 0.05) is 24.2 Å². The summed E-state index contributed by atoms with van der Waals surface area (Å²) in [6.45, 7) is 1.82. The van der Waals surface area contributed by atoms with E-state index in [0.29, 0.717) is 17.0 Å². The van der Waals surface area contributed by atoms with Crippen LogP contribution in [0.15, 0.2) is 18.2 Å². The molecule has 0 spiro atoms. The van der Waals surface area contributed by atoms with Crippen LogP contribution in [0, 0.1) is 6.92 Å². The van der Waals surface area contributed by atoms with Crippen LogP contribution >= 0.6 is 11.6 Å². The third-order valence-corrected chi connectivity index (χ3v) is 6.33. The molecule has 1 saturated heterocycles. The highest BCUT2D eigenvalue weighted by atomic mass is 35.5. The molecule has 7 heteroatoms. The van der Waals surface area contributed by atoms with Crippen LogP contribution in [-0.2, 0) is 9.84 Å². The maximum atomic E-state index is 12.8. The molecule has 0 bridgehead atoms. The molecule has 2 heterocycles. The van der Waals surface area contributed by atoms with Crippen molar-refractivity contribution in [1.29, 1.82) is 0 Å². The summed E-state index contributed by atoms with van der Waals surface area (Å²) in [5.74, 6) is 0.0129. The van der Waals surface area contributed by atoms with E-state index in [4.69, 9.17) is 11.6 Å². The number of para-hydroxylation sites is 1. The lowest BCUT2D eigenvalue weighted by atomic mass is 10.1. The molecule has 22 heavy (non-hydrogen) atoms. The number of carbonyl (C=O) groups excluding carboxylic acids is 1. The van der Waals surface area contributed by atoms with E-state index >= 15 is 0 Å². The highest BCUT2D eigenvalue weighted by Gasteiger charge is 2.34. The minimum Gasteiger partial charge on any atom is -0.357 e. The van der Waals surface area contributed by atoms with E-state index in [1.807, 2.05) is 13.0 Å². The van der Waals surface area contributed by atoms with Gasteiger partial charge in [-0.25, -0.2) is 8.42 Å². The Morgan fingerprint density at radius 2 is 2.14 bits per heavy atom. The van der Waals surface area contributed by atoms with Crippen LogP contribution < -0.4 is 0 Å². The Bertz CT molecular complexity index is 857. The topological polar surface area (TPSA) is 70.2 Å². The minimum absolute atomic E-state index is 0.0391. The average molecular weight is 341 g/mol. The van der Waals surface area contributed by atoms with Gasteiger partial charge in [-0.05, 0) is 19.4 Å². The molecule has 1 atom stereocenters. The molecule has 1 aliphatic rings. The maximum absolute atomic E-state index is 12.8. The molecule has 2 aromatic rings. The Morgan fingerprint density at radius 1 is 1.41 bits per heavy atom. The van der Waals surface area contributed by atoms with Gasteiger partial charge >= 0.3 is 0 Å². The number of hydrogen-bond donors (Lipinski definition) is 1.